The van der Waals surface area contributed by atoms with Gasteiger partial charge in [-0.2, -0.15) is 5.26 Å². The average Bonchev–Trinajstić information content (AvgIpc) is 2.61. The van der Waals surface area contributed by atoms with Gasteiger partial charge in [0.05, 0.1) is 18.0 Å². The molecule has 0 N–H and O–H groups in total. The summed E-state index contributed by atoms with van der Waals surface area (Å²) in [5, 5.41) is 8.82. The molecule has 124 valence electrons. The van der Waals surface area contributed by atoms with Gasteiger partial charge in [0.15, 0.2) is 0 Å². The first kappa shape index (κ1) is 17.7. The molecule has 1 aliphatic rings. The molecule has 0 atom stereocenters. The van der Waals surface area contributed by atoms with E-state index in [1.165, 1.54) is 50.5 Å². The Morgan fingerprint density at radius 2 is 1.65 bits per heavy atom. The molecular weight excluding hydrogens is 285 g/mol. The van der Waals surface area contributed by atoms with Gasteiger partial charge in [-0.25, -0.2) is 4.39 Å². The number of unbranched alkanes of at least 4 members (excludes halogenated alkanes) is 2. The van der Waals surface area contributed by atoms with Crippen molar-refractivity contribution in [3.63, 3.8) is 0 Å². The molecule has 1 nitrogen and oxygen atoms in total. The van der Waals surface area contributed by atoms with Crippen LogP contribution in [0.2, 0.25) is 0 Å². The van der Waals surface area contributed by atoms with Crippen LogP contribution in [0.5, 0.6) is 0 Å². The number of halogens is 1. The minimum atomic E-state index is 0.666. The molecule has 0 aromatic heterocycles. The highest BCUT2D eigenvalue weighted by molar-refractivity contribution is 5.31. The van der Waals surface area contributed by atoms with Gasteiger partial charge in [0.2, 0.25) is 0 Å². The number of allylic oxidation sites excluding steroid dienone is 1. The first-order valence-electron chi connectivity index (χ1n) is 9.06. The fourth-order valence-electron chi connectivity index (χ4n) is 3.68. The quantitative estimate of drug-likeness (QED) is 0.514. The summed E-state index contributed by atoms with van der Waals surface area (Å²) < 4.78 is 11.9. The summed E-state index contributed by atoms with van der Waals surface area (Å²) in [5.74, 6) is 1.77. The minimum absolute atomic E-state index is 0.666. The van der Waals surface area contributed by atoms with E-state index in [9.17, 15) is 4.39 Å². The second kappa shape index (κ2) is 10.2. The van der Waals surface area contributed by atoms with Crippen molar-refractivity contribution >= 4 is 0 Å². The first-order chi connectivity index (χ1) is 11.3. The molecule has 1 aromatic carbocycles. The zero-order valence-electron chi connectivity index (χ0n) is 14.0. The third-order valence-electron chi connectivity index (χ3n) is 5.21. The molecule has 1 fully saturated rings. The first-order valence-corrected chi connectivity index (χ1v) is 9.06. The maximum atomic E-state index is 11.9. The van der Waals surface area contributed by atoms with Crippen molar-refractivity contribution in [2.45, 2.75) is 64.2 Å². The summed E-state index contributed by atoms with van der Waals surface area (Å²) in [4.78, 5) is 0. The van der Waals surface area contributed by atoms with Crippen molar-refractivity contribution in [2.24, 2.45) is 11.8 Å². The number of nitrogens with zero attached hydrogens (tertiary/aromatic N) is 1. The molecule has 0 saturated heterocycles. The maximum absolute atomic E-state index is 11.9. The molecule has 0 bridgehead atoms. The van der Waals surface area contributed by atoms with E-state index < -0.39 is 0 Å². The number of rotatable bonds is 8. The maximum Gasteiger partial charge on any atom is 0.0991 e. The van der Waals surface area contributed by atoms with Gasteiger partial charge in [0.1, 0.15) is 0 Å². The summed E-state index contributed by atoms with van der Waals surface area (Å²) in [5.41, 5.74) is 2.10. The lowest BCUT2D eigenvalue weighted by Crippen LogP contribution is -2.15. The Morgan fingerprint density at radius 3 is 2.26 bits per heavy atom. The molecule has 2 rings (SSSR count). The lowest BCUT2D eigenvalue weighted by atomic mass is 9.78. The van der Waals surface area contributed by atoms with E-state index in [0.29, 0.717) is 6.33 Å². The van der Waals surface area contributed by atoms with Crippen molar-refractivity contribution < 1.29 is 4.39 Å². The average molecular weight is 313 g/mol. The normalized spacial score (nSPS) is 21.4. The van der Waals surface area contributed by atoms with Crippen LogP contribution < -0.4 is 0 Å². The van der Waals surface area contributed by atoms with Crippen LogP contribution in [-0.4, -0.2) is 0 Å². The number of aryl methyl sites for hydroxylation is 1. The van der Waals surface area contributed by atoms with Gasteiger partial charge in [0.25, 0.3) is 0 Å². The molecule has 0 unspecified atom stereocenters. The van der Waals surface area contributed by atoms with Gasteiger partial charge in [-0.1, -0.05) is 56.7 Å². The van der Waals surface area contributed by atoms with E-state index in [1.807, 2.05) is 12.1 Å². The molecule has 0 aliphatic heterocycles. The summed E-state index contributed by atoms with van der Waals surface area (Å²) >= 11 is 0. The SMILES string of the molecule is N#Cc1ccc(CCC2CCC(CCCCC=CF)CC2)cc1. The van der Waals surface area contributed by atoms with Crippen LogP contribution in [0.25, 0.3) is 0 Å². The number of benzene rings is 1. The molecule has 0 radical (unpaired) electrons. The van der Waals surface area contributed by atoms with Gasteiger partial charge in [-0.05, 0) is 55.2 Å². The van der Waals surface area contributed by atoms with Crippen LogP contribution in [0.3, 0.4) is 0 Å². The Kier molecular flexibility index (Phi) is 7.87. The zero-order valence-corrected chi connectivity index (χ0v) is 14.0. The van der Waals surface area contributed by atoms with E-state index in [4.69, 9.17) is 5.26 Å². The number of hydrogen-bond donors (Lipinski definition) is 0. The molecular formula is C21H28FN. The molecule has 1 aromatic rings. The van der Waals surface area contributed by atoms with Crippen LogP contribution in [0.1, 0.15) is 68.9 Å². The second-order valence-corrected chi connectivity index (χ2v) is 6.88. The standard InChI is InChI=1S/C21H28FN/c22-16-4-2-1-3-5-18-6-8-19(9-7-18)10-11-20-12-14-21(17-23)15-13-20/h4,12-16,18-19H,1-3,5-11H2. The second-order valence-electron chi connectivity index (χ2n) is 6.88. The van der Waals surface area contributed by atoms with Gasteiger partial charge >= 0.3 is 0 Å². The Hall–Kier alpha value is -1.62. The predicted octanol–water partition coefficient (Wildman–Crippen LogP) is 6.34. The van der Waals surface area contributed by atoms with Crippen LogP contribution in [0.4, 0.5) is 4.39 Å². The van der Waals surface area contributed by atoms with Gasteiger partial charge in [0, 0.05) is 0 Å². The topological polar surface area (TPSA) is 23.8 Å². The summed E-state index contributed by atoms with van der Waals surface area (Å²) in [7, 11) is 0. The van der Waals surface area contributed by atoms with E-state index in [1.54, 1.807) is 6.08 Å². The molecule has 0 amide bonds. The van der Waals surface area contributed by atoms with E-state index in [0.717, 1.165) is 36.7 Å². The molecule has 1 aliphatic carbocycles. The lowest BCUT2D eigenvalue weighted by Gasteiger charge is -2.28. The fraction of sp³-hybridized carbons (Fsp3) is 0.571. The van der Waals surface area contributed by atoms with Crippen molar-refractivity contribution in [3.05, 3.63) is 47.8 Å². The summed E-state index contributed by atoms with van der Waals surface area (Å²) in [6.45, 7) is 0. The molecule has 0 heterocycles. The van der Waals surface area contributed by atoms with E-state index >= 15 is 0 Å². The third-order valence-corrected chi connectivity index (χ3v) is 5.21. The molecule has 23 heavy (non-hydrogen) atoms. The van der Waals surface area contributed by atoms with Crippen molar-refractivity contribution in [2.75, 3.05) is 0 Å². The lowest BCUT2D eigenvalue weighted by molar-refractivity contribution is 0.249. The summed E-state index contributed by atoms with van der Waals surface area (Å²) in [6, 6.07) is 10.2. The Bertz CT molecular complexity index is 504. The van der Waals surface area contributed by atoms with Crippen LogP contribution in [-0.2, 0) is 6.42 Å². The van der Waals surface area contributed by atoms with Crippen LogP contribution >= 0.6 is 0 Å². The van der Waals surface area contributed by atoms with Gasteiger partial charge in [-0.15, -0.1) is 0 Å². The highest BCUT2D eigenvalue weighted by Crippen LogP contribution is 2.34. The van der Waals surface area contributed by atoms with E-state index in [2.05, 4.69) is 18.2 Å². The third kappa shape index (κ3) is 6.57. The van der Waals surface area contributed by atoms with Crippen LogP contribution in [0, 0.1) is 23.2 Å². The molecule has 2 heteroatoms. The predicted molar refractivity (Wildman–Crippen MR) is 93.6 cm³/mol. The van der Waals surface area contributed by atoms with Gasteiger partial charge in [-0.3, -0.25) is 0 Å². The fourth-order valence-corrected chi connectivity index (χ4v) is 3.68. The monoisotopic (exact) mass is 313 g/mol. The summed E-state index contributed by atoms with van der Waals surface area (Å²) in [6.07, 6.45) is 14.8. The molecule has 1 saturated carbocycles. The smallest absolute Gasteiger partial charge is 0.0991 e. The Balaban J connectivity index is 1.60. The zero-order chi connectivity index (χ0) is 16.3. The Morgan fingerprint density at radius 1 is 1.00 bits per heavy atom. The van der Waals surface area contributed by atoms with Crippen molar-refractivity contribution in [1.82, 2.24) is 0 Å². The van der Waals surface area contributed by atoms with Gasteiger partial charge < -0.3 is 0 Å². The Labute approximate surface area is 140 Å². The molecule has 0 spiro atoms. The number of hydrogen-bond acceptors (Lipinski definition) is 1. The van der Waals surface area contributed by atoms with Crippen molar-refractivity contribution in [1.29, 1.82) is 5.26 Å². The largest absolute Gasteiger partial charge is 0.216 e. The number of nitriles is 1. The van der Waals surface area contributed by atoms with Crippen molar-refractivity contribution in [3.8, 4) is 6.07 Å². The highest BCUT2D eigenvalue weighted by Gasteiger charge is 2.20. The minimum Gasteiger partial charge on any atom is -0.216 e. The highest BCUT2D eigenvalue weighted by atomic mass is 19.1. The van der Waals surface area contributed by atoms with Crippen LogP contribution in [0.15, 0.2) is 36.7 Å². The van der Waals surface area contributed by atoms with E-state index in [-0.39, 0.29) is 0 Å².